The summed E-state index contributed by atoms with van der Waals surface area (Å²) in [5.41, 5.74) is 1.19. The highest BCUT2D eigenvalue weighted by molar-refractivity contribution is 9.10. The van der Waals surface area contributed by atoms with E-state index < -0.39 is 0 Å². The number of halogens is 2. The van der Waals surface area contributed by atoms with Gasteiger partial charge in [-0.25, -0.2) is 0 Å². The minimum Gasteiger partial charge on any atom is -0.356 e. The lowest BCUT2D eigenvalue weighted by molar-refractivity contribution is -0.121. The van der Waals surface area contributed by atoms with E-state index in [0.717, 1.165) is 56.6 Å². The van der Waals surface area contributed by atoms with E-state index in [0.29, 0.717) is 6.42 Å². The van der Waals surface area contributed by atoms with Crippen LogP contribution in [0.1, 0.15) is 18.4 Å². The molecule has 1 aliphatic heterocycles. The first-order valence-electron chi connectivity index (χ1n) is 7.68. The molecular weight excluding hydrogens is 366 g/mol. The summed E-state index contributed by atoms with van der Waals surface area (Å²) in [5, 5.41) is 6.36. The van der Waals surface area contributed by atoms with Crippen LogP contribution in [0.4, 0.5) is 0 Å². The van der Waals surface area contributed by atoms with Gasteiger partial charge in [0.15, 0.2) is 0 Å². The van der Waals surface area contributed by atoms with Gasteiger partial charge in [-0.2, -0.15) is 0 Å². The van der Waals surface area contributed by atoms with Crippen LogP contribution in [0.15, 0.2) is 28.7 Å². The minimum atomic E-state index is 0. The summed E-state index contributed by atoms with van der Waals surface area (Å²) in [5.74, 6) is 0.148. The molecule has 0 atom stereocenters. The van der Waals surface area contributed by atoms with E-state index in [1.165, 1.54) is 5.56 Å². The quantitative estimate of drug-likeness (QED) is 0.702. The van der Waals surface area contributed by atoms with E-state index in [-0.39, 0.29) is 18.3 Å². The number of piperazine rings is 1. The van der Waals surface area contributed by atoms with Crippen molar-refractivity contribution >= 4 is 34.2 Å². The normalized spacial score (nSPS) is 15.1. The number of aryl methyl sites for hydroxylation is 1. The second-order valence-corrected chi connectivity index (χ2v) is 6.34. The van der Waals surface area contributed by atoms with Crippen LogP contribution in [0.2, 0.25) is 0 Å². The first-order valence-corrected chi connectivity index (χ1v) is 8.47. The van der Waals surface area contributed by atoms with Crippen LogP contribution >= 0.6 is 28.3 Å². The molecule has 1 aromatic rings. The van der Waals surface area contributed by atoms with Gasteiger partial charge < -0.3 is 15.5 Å². The van der Waals surface area contributed by atoms with E-state index >= 15 is 0 Å². The lowest BCUT2D eigenvalue weighted by Crippen LogP contribution is -2.44. The molecule has 1 fully saturated rings. The largest absolute Gasteiger partial charge is 0.356 e. The van der Waals surface area contributed by atoms with Gasteiger partial charge in [-0.1, -0.05) is 28.1 Å². The zero-order valence-corrected chi connectivity index (χ0v) is 15.2. The molecule has 1 aromatic carbocycles. The van der Waals surface area contributed by atoms with Crippen LogP contribution in [0.3, 0.4) is 0 Å². The predicted octanol–water partition coefficient (Wildman–Crippen LogP) is 2.21. The molecule has 2 rings (SSSR count). The summed E-state index contributed by atoms with van der Waals surface area (Å²) in [4.78, 5) is 14.3. The Morgan fingerprint density at radius 3 is 2.82 bits per heavy atom. The number of hydrogen-bond donors (Lipinski definition) is 2. The van der Waals surface area contributed by atoms with Crippen molar-refractivity contribution in [2.75, 3.05) is 39.3 Å². The highest BCUT2D eigenvalue weighted by Gasteiger charge is 2.08. The number of nitrogens with zero attached hydrogens (tertiary/aromatic N) is 1. The molecule has 1 saturated heterocycles. The van der Waals surface area contributed by atoms with Crippen LogP contribution < -0.4 is 10.6 Å². The fourth-order valence-corrected chi connectivity index (χ4v) is 2.95. The first kappa shape index (κ1) is 19.4. The van der Waals surface area contributed by atoms with Gasteiger partial charge in [-0.15, -0.1) is 12.4 Å². The molecule has 1 amide bonds. The Labute approximate surface area is 147 Å². The first-order chi connectivity index (χ1) is 10.2. The Morgan fingerprint density at radius 2 is 2.09 bits per heavy atom. The Hall–Kier alpha value is -0.620. The zero-order chi connectivity index (χ0) is 14.9. The Bertz CT molecular complexity index is 453. The molecule has 0 radical (unpaired) electrons. The van der Waals surface area contributed by atoms with Crippen molar-refractivity contribution in [3.8, 4) is 0 Å². The molecule has 1 heterocycles. The van der Waals surface area contributed by atoms with Gasteiger partial charge in [-0.05, 0) is 37.1 Å². The number of rotatable bonds is 7. The third-order valence-electron chi connectivity index (χ3n) is 3.71. The van der Waals surface area contributed by atoms with Crippen molar-refractivity contribution in [2.45, 2.75) is 19.3 Å². The van der Waals surface area contributed by atoms with Gasteiger partial charge in [0.1, 0.15) is 0 Å². The van der Waals surface area contributed by atoms with Crippen molar-refractivity contribution in [2.24, 2.45) is 0 Å². The second kappa shape index (κ2) is 11.0. The highest BCUT2D eigenvalue weighted by Crippen LogP contribution is 2.12. The minimum absolute atomic E-state index is 0. The van der Waals surface area contributed by atoms with Gasteiger partial charge >= 0.3 is 0 Å². The fraction of sp³-hybridized carbons (Fsp3) is 0.562. The van der Waals surface area contributed by atoms with E-state index in [2.05, 4.69) is 43.6 Å². The number of hydrogen-bond acceptors (Lipinski definition) is 3. The zero-order valence-electron chi connectivity index (χ0n) is 12.8. The van der Waals surface area contributed by atoms with Gasteiger partial charge in [-0.3, -0.25) is 4.79 Å². The molecule has 0 unspecified atom stereocenters. The summed E-state index contributed by atoms with van der Waals surface area (Å²) in [7, 11) is 0. The highest BCUT2D eigenvalue weighted by atomic mass is 79.9. The topological polar surface area (TPSA) is 44.4 Å². The molecule has 2 N–H and O–H groups in total. The van der Waals surface area contributed by atoms with Crippen molar-refractivity contribution in [1.29, 1.82) is 0 Å². The Kier molecular flexibility index (Phi) is 9.71. The maximum Gasteiger partial charge on any atom is 0.220 e. The van der Waals surface area contributed by atoms with E-state index in [1.807, 2.05) is 12.1 Å². The molecule has 0 aliphatic carbocycles. The molecule has 0 spiro atoms. The molecule has 1 aliphatic rings. The SMILES string of the molecule is Cl.O=C(CCc1cccc(Br)c1)NCCCN1CCNCC1. The molecular formula is C16H25BrClN3O. The number of benzene rings is 1. The van der Waals surface area contributed by atoms with Gasteiger partial charge in [0.25, 0.3) is 0 Å². The average molecular weight is 391 g/mol. The standard InChI is InChI=1S/C16H24BrN3O.ClH/c17-15-4-1-3-14(13-15)5-6-16(21)19-7-2-10-20-11-8-18-9-12-20;/h1,3-4,13,18H,2,5-12H2,(H,19,21);1H. The van der Waals surface area contributed by atoms with Crippen LogP contribution in [-0.4, -0.2) is 50.1 Å². The van der Waals surface area contributed by atoms with Crippen molar-refractivity contribution in [3.63, 3.8) is 0 Å². The summed E-state index contributed by atoms with van der Waals surface area (Å²) in [6.45, 7) is 6.26. The monoisotopic (exact) mass is 389 g/mol. The maximum absolute atomic E-state index is 11.8. The molecule has 0 bridgehead atoms. The van der Waals surface area contributed by atoms with Crippen LogP contribution in [-0.2, 0) is 11.2 Å². The molecule has 0 aromatic heterocycles. The summed E-state index contributed by atoms with van der Waals surface area (Å²) in [6.07, 6.45) is 2.38. The third kappa shape index (κ3) is 7.58. The number of carbonyl (C=O) groups excluding carboxylic acids is 1. The van der Waals surface area contributed by atoms with Gasteiger partial charge in [0.05, 0.1) is 0 Å². The summed E-state index contributed by atoms with van der Waals surface area (Å²) in [6, 6.07) is 8.13. The molecule has 0 saturated carbocycles. The van der Waals surface area contributed by atoms with Crippen molar-refractivity contribution in [3.05, 3.63) is 34.3 Å². The van der Waals surface area contributed by atoms with Gasteiger partial charge in [0.2, 0.25) is 5.91 Å². The molecule has 4 nitrogen and oxygen atoms in total. The van der Waals surface area contributed by atoms with E-state index in [4.69, 9.17) is 0 Å². The average Bonchev–Trinajstić information content (AvgIpc) is 2.51. The smallest absolute Gasteiger partial charge is 0.220 e. The lowest BCUT2D eigenvalue weighted by Gasteiger charge is -2.27. The number of nitrogens with one attached hydrogen (secondary N) is 2. The van der Waals surface area contributed by atoms with Crippen LogP contribution in [0.5, 0.6) is 0 Å². The summed E-state index contributed by atoms with van der Waals surface area (Å²) < 4.78 is 1.07. The van der Waals surface area contributed by atoms with E-state index in [1.54, 1.807) is 0 Å². The van der Waals surface area contributed by atoms with Crippen molar-refractivity contribution in [1.82, 2.24) is 15.5 Å². The molecule has 6 heteroatoms. The lowest BCUT2D eigenvalue weighted by atomic mass is 10.1. The number of amides is 1. The maximum atomic E-state index is 11.8. The number of carbonyl (C=O) groups is 1. The second-order valence-electron chi connectivity index (χ2n) is 5.43. The molecule has 124 valence electrons. The molecule has 22 heavy (non-hydrogen) atoms. The third-order valence-corrected chi connectivity index (χ3v) is 4.21. The summed E-state index contributed by atoms with van der Waals surface area (Å²) >= 11 is 3.45. The van der Waals surface area contributed by atoms with Gasteiger partial charge in [0, 0.05) is 43.6 Å². The predicted molar refractivity (Wildman–Crippen MR) is 96.6 cm³/mol. The van der Waals surface area contributed by atoms with E-state index in [9.17, 15) is 4.79 Å². The van der Waals surface area contributed by atoms with Crippen LogP contribution in [0.25, 0.3) is 0 Å². The van der Waals surface area contributed by atoms with Crippen LogP contribution in [0, 0.1) is 0 Å². The Balaban J connectivity index is 0.00000242. The van der Waals surface area contributed by atoms with Crippen molar-refractivity contribution < 1.29 is 4.79 Å². The fourth-order valence-electron chi connectivity index (χ4n) is 2.50. The Morgan fingerprint density at radius 1 is 1.32 bits per heavy atom.